The molecular formula is C12H20N2O2. The van der Waals surface area contributed by atoms with Crippen LogP contribution in [0.15, 0.2) is 6.07 Å². The number of hydrogen-bond donors (Lipinski definition) is 1. The minimum atomic E-state index is -0.830. The molecule has 1 rings (SSSR count). The maximum Gasteiger partial charge on any atom is 0.312 e. The van der Waals surface area contributed by atoms with E-state index in [9.17, 15) is 4.79 Å². The molecule has 1 atom stereocenters. The molecule has 0 bridgehead atoms. The van der Waals surface area contributed by atoms with Gasteiger partial charge >= 0.3 is 5.97 Å². The zero-order chi connectivity index (χ0) is 12.5. The Morgan fingerprint density at radius 3 is 2.19 bits per heavy atom. The fourth-order valence-electron chi connectivity index (χ4n) is 1.61. The molecule has 4 nitrogen and oxygen atoms in total. The van der Waals surface area contributed by atoms with Crippen molar-refractivity contribution < 1.29 is 9.90 Å². The molecule has 0 aromatic carbocycles. The van der Waals surface area contributed by atoms with Gasteiger partial charge in [0.1, 0.15) is 0 Å². The molecule has 0 spiro atoms. The molecule has 1 unspecified atom stereocenters. The Balaban J connectivity index is 3.16. The molecule has 4 heteroatoms. The number of rotatable bonds is 4. The summed E-state index contributed by atoms with van der Waals surface area (Å²) in [6.45, 7) is 9.94. The molecule has 0 radical (unpaired) electrons. The molecule has 16 heavy (non-hydrogen) atoms. The molecular weight excluding hydrogens is 204 g/mol. The van der Waals surface area contributed by atoms with Crippen molar-refractivity contribution in [2.45, 2.75) is 52.5 Å². The van der Waals surface area contributed by atoms with Gasteiger partial charge in [-0.25, -0.2) is 0 Å². The van der Waals surface area contributed by atoms with Gasteiger partial charge < -0.3 is 5.11 Å². The molecule has 0 saturated carbocycles. The average Bonchev–Trinajstić information content (AvgIpc) is 2.60. The van der Waals surface area contributed by atoms with E-state index in [-0.39, 0.29) is 6.04 Å². The van der Waals surface area contributed by atoms with E-state index in [1.54, 1.807) is 6.92 Å². The Bertz CT molecular complexity index is 355. The first-order chi connectivity index (χ1) is 7.34. The molecule has 0 fully saturated rings. The summed E-state index contributed by atoms with van der Waals surface area (Å²) in [4.78, 5) is 10.9. The number of nitrogens with zero attached hydrogens (tertiary/aromatic N) is 2. The van der Waals surface area contributed by atoms with Crippen molar-refractivity contribution in [3.05, 3.63) is 17.5 Å². The van der Waals surface area contributed by atoms with E-state index in [0.29, 0.717) is 11.6 Å². The smallest absolute Gasteiger partial charge is 0.312 e. The highest BCUT2D eigenvalue weighted by Gasteiger charge is 2.21. The molecule has 0 aliphatic heterocycles. The van der Waals surface area contributed by atoms with Crippen molar-refractivity contribution in [2.24, 2.45) is 0 Å². The van der Waals surface area contributed by atoms with Crippen molar-refractivity contribution in [1.29, 1.82) is 0 Å². The molecule has 1 aromatic rings. The van der Waals surface area contributed by atoms with Gasteiger partial charge in [-0.3, -0.25) is 9.48 Å². The maximum atomic E-state index is 10.9. The fourth-order valence-corrected chi connectivity index (χ4v) is 1.61. The van der Waals surface area contributed by atoms with Gasteiger partial charge in [-0.1, -0.05) is 13.8 Å². The number of carbonyl (C=O) groups is 1. The summed E-state index contributed by atoms with van der Waals surface area (Å²) in [5.74, 6) is -1.02. The van der Waals surface area contributed by atoms with E-state index in [4.69, 9.17) is 5.11 Å². The van der Waals surface area contributed by atoms with Gasteiger partial charge in [0.15, 0.2) is 0 Å². The Labute approximate surface area is 96.3 Å². The lowest BCUT2D eigenvalue weighted by atomic mass is 10.1. The van der Waals surface area contributed by atoms with Crippen LogP contribution in [0.2, 0.25) is 0 Å². The van der Waals surface area contributed by atoms with Crippen molar-refractivity contribution in [3.8, 4) is 0 Å². The fraction of sp³-hybridized carbons (Fsp3) is 0.667. The lowest BCUT2D eigenvalue weighted by Crippen LogP contribution is -2.11. The summed E-state index contributed by atoms with van der Waals surface area (Å²) < 4.78 is 1.92. The largest absolute Gasteiger partial charge is 0.481 e. The van der Waals surface area contributed by atoms with E-state index in [1.807, 2.05) is 24.6 Å². The summed E-state index contributed by atoms with van der Waals surface area (Å²) in [7, 11) is 0. The molecule has 0 aliphatic carbocycles. The summed E-state index contributed by atoms with van der Waals surface area (Å²) in [5.41, 5.74) is 1.74. The van der Waals surface area contributed by atoms with Crippen LogP contribution in [0.3, 0.4) is 0 Å². The van der Waals surface area contributed by atoms with Crippen LogP contribution in [-0.4, -0.2) is 20.9 Å². The predicted molar refractivity (Wildman–Crippen MR) is 62.8 cm³/mol. The first-order valence-electron chi connectivity index (χ1n) is 5.66. The number of aromatic nitrogens is 2. The Morgan fingerprint density at radius 1 is 1.31 bits per heavy atom. The second-order valence-corrected chi connectivity index (χ2v) is 4.75. The van der Waals surface area contributed by atoms with Crippen LogP contribution >= 0.6 is 0 Å². The molecule has 1 heterocycles. The van der Waals surface area contributed by atoms with Crippen LogP contribution in [-0.2, 0) is 4.79 Å². The van der Waals surface area contributed by atoms with Crippen LogP contribution in [0.4, 0.5) is 0 Å². The van der Waals surface area contributed by atoms with Crippen molar-refractivity contribution in [2.75, 3.05) is 0 Å². The Kier molecular flexibility index (Phi) is 3.73. The van der Waals surface area contributed by atoms with Crippen molar-refractivity contribution >= 4 is 5.97 Å². The Hall–Kier alpha value is -1.32. The highest BCUT2D eigenvalue weighted by molar-refractivity contribution is 5.74. The molecule has 0 aliphatic rings. The lowest BCUT2D eigenvalue weighted by molar-refractivity contribution is -0.138. The van der Waals surface area contributed by atoms with Gasteiger partial charge in [0.05, 0.1) is 11.6 Å². The normalized spacial score (nSPS) is 13.4. The molecule has 1 N–H and O–H groups in total. The third-order valence-corrected chi connectivity index (χ3v) is 2.68. The zero-order valence-electron chi connectivity index (χ0n) is 10.6. The second kappa shape index (κ2) is 4.68. The average molecular weight is 224 g/mol. The van der Waals surface area contributed by atoms with Crippen LogP contribution in [0.5, 0.6) is 0 Å². The monoisotopic (exact) mass is 224 g/mol. The van der Waals surface area contributed by atoms with Gasteiger partial charge in [-0.2, -0.15) is 5.10 Å². The molecule has 1 aromatic heterocycles. The van der Waals surface area contributed by atoms with Crippen LogP contribution in [0, 0.1) is 0 Å². The summed E-state index contributed by atoms with van der Waals surface area (Å²) in [6.07, 6.45) is 0. The van der Waals surface area contributed by atoms with E-state index >= 15 is 0 Å². The van der Waals surface area contributed by atoms with Gasteiger partial charge in [0, 0.05) is 11.7 Å². The minimum Gasteiger partial charge on any atom is -0.481 e. The topological polar surface area (TPSA) is 55.1 Å². The molecule has 0 amide bonds. The van der Waals surface area contributed by atoms with Crippen molar-refractivity contribution in [3.63, 3.8) is 0 Å². The van der Waals surface area contributed by atoms with E-state index in [2.05, 4.69) is 18.9 Å². The summed E-state index contributed by atoms with van der Waals surface area (Å²) in [5, 5.41) is 13.4. The molecule has 0 saturated heterocycles. The van der Waals surface area contributed by atoms with Crippen LogP contribution < -0.4 is 0 Å². The number of hydrogen-bond acceptors (Lipinski definition) is 2. The number of carboxylic acid groups (broad SMARTS) is 1. The summed E-state index contributed by atoms with van der Waals surface area (Å²) in [6, 6.07) is 2.16. The minimum absolute atomic E-state index is 0.257. The van der Waals surface area contributed by atoms with E-state index in [1.165, 1.54) is 0 Å². The first-order valence-corrected chi connectivity index (χ1v) is 5.66. The van der Waals surface area contributed by atoms with Gasteiger partial charge in [-0.05, 0) is 32.8 Å². The SMILES string of the molecule is CC(C)c1cc(C(C)C(=O)O)nn1C(C)C. The van der Waals surface area contributed by atoms with Crippen LogP contribution in [0.25, 0.3) is 0 Å². The highest BCUT2D eigenvalue weighted by Crippen LogP contribution is 2.23. The summed E-state index contributed by atoms with van der Waals surface area (Å²) >= 11 is 0. The zero-order valence-corrected chi connectivity index (χ0v) is 10.6. The maximum absolute atomic E-state index is 10.9. The number of aliphatic carboxylic acids is 1. The Morgan fingerprint density at radius 2 is 1.88 bits per heavy atom. The van der Waals surface area contributed by atoms with Gasteiger partial charge in [0.2, 0.25) is 0 Å². The lowest BCUT2D eigenvalue weighted by Gasteiger charge is -2.12. The third kappa shape index (κ3) is 2.43. The first kappa shape index (κ1) is 12.7. The van der Waals surface area contributed by atoms with E-state index < -0.39 is 11.9 Å². The van der Waals surface area contributed by atoms with Crippen molar-refractivity contribution in [1.82, 2.24) is 9.78 Å². The second-order valence-electron chi connectivity index (χ2n) is 4.75. The van der Waals surface area contributed by atoms with Gasteiger partial charge in [0.25, 0.3) is 0 Å². The highest BCUT2D eigenvalue weighted by atomic mass is 16.4. The van der Waals surface area contributed by atoms with Crippen LogP contribution in [0.1, 0.15) is 63.9 Å². The molecule has 90 valence electrons. The van der Waals surface area contributed by atoms with E-state index in [0.717, 1.165) is 5.69 Å². The predicted octanol–water partition coefficient (Wildman–Crippen LogP) is 2.78. The van der Waals surface area contributed by atoms with Gasteiger partial charge in [-0.15, -0.1) is 0 Å². The third-order valence-electron chi connectivity index (χ3n) is 2.68. The standard InChI is InChI=1S/C12H20N2O2/c1-7(2)11-6-10(9(5)12(15)16)13-14(11)8(3)4/h6-9H,1-5H3,(H,15,16). The quantitative estimate of drug-likeness (QED) is 0.855. The number of carboxylic acids is 1.